The predicted octanol–water partition coefficient (Wildman–Crippen LogP) is 11.1. The molecular formula is C38H65F3O5. The van der Waals surface area contributed by atoms with E-state index in [4.69, 9.17) is 14.2 Å². The molecule has 3 saturated carbocycles. The molecule has 0 radical (unpaired) electrons. The number of halogens is 3. The zero-order chi connectivity index (χ0) is 33.2. The van der Waals surface area contributed by atoms with E-state index >= 15 is 0 Å². The van der Waals surface area contributed by atoms with Crippen molar-refractivity contribution in [1.29, 1.82) is 0 Å². The Hall–Kier alpha value is -1.31. The number of carbonyl (C=O) groups excluding carboxylic acids is 2. The summed E-state index contributed by atoms with van der Waals surface area (Å²) in [5.74, 6) is -0.0895. The molecule has 0 N–H and O–H groups in total. The van der Waals surface area contributed by atoms with Crippen molar-refractivity contribution in [2.45, 2.75) is 199 Å². The van der Waals surface area contributed by atoms with Gasteiger partial charge in [0.05, 0.1) is 17.9 Å². The summed E-state index contributed by atoms with van der Waals surface area (Å²) < 4.78 is 57.4. The molecule has 3 rings (SSSR count). The number of ether oxygens (including phenoxy) is 3. The van der Waals surface area contributed by atoms with Crippen LogP contribution in [0.1, 0.15) is 174 Å². The van der Waals surface area contributed by atoms with Gasteiger partial charge < -0.3 is 14.2 Å². The van der Waals surface area contributed by atoms with Gasteiger partial charge in [-0.2, -0.15) is 13.2 Å². The number of rotatable bonds is 20. The second-order valence-corrected chi connectivity index (χ2v) is 14.7. The summed E-state index contributed by atoms with van der Waals surface area (Å²) in [7, 11) is 0. The van der Waals surface area contributed by atoms with Crippen LogP contribution in [0, 0.1) is 23.7 Å². The van der Waals surface area contributed by atoms with E-state index in [1.54, 1.807) is 0 Å². The van der Waals surface area contributed by atoms with Crippen molar-refractivity contribution < 1.29 is 37.0 Å². The van der Waals surface area contributed by atoms with Crippen molar-refractivity contribution >= 4 is 11.9 Å². The van der Waals surface area contributed by atoms with Crippen LogP contribution in [-0.4, -0.2) is 43.0 Å². The molecule has 1 atom stereocenters. The standard InChI is InChI=1S/C38H65F3O5/c1-3-5-7-9-10-11-12-14-28-44-33-24-20-30(21-25-33)29-16-18-31(19-17-29)36(42)45-34-26-22-32(23-27-34)37(43)46-35(38(39,40)41)15-13-8-6-4-2/h29-35H,3-28H2,1-2H3. The van der Waals surface area contributed by atoms with Crippen molar-refractivity contribution in [3.8, 4) is 0 Å². The Balaban J connectivity index is 1.25. The largest absolute Gasteiger partial charge is 0.462 e. The molecule has 0 aromatic rings. The Labute approximate surface area is 277 Å². The summed E-state index contributed by atoms with van der Waals surface area (Å²) in [6.45, 7) is 5.16. The van der Waals surface area contributed by atoms with E-state index < -0.39 is 24.2 Å². The van der Waals surface area contributed by atoms with Gasteiger partial charge in [0.15, 0.2) is 6.10 Å². The highest BCUT2D eigenvalue weighted by molar-refractivity contribution is 5.73. The van der Waals surface area contributed by atoms with Crippen LogP contribution in [-0.2, 0) is 23.8 Å². The van der Waals surface area contributed by atoms with Gasteiger partial charge in [0.1, 0.15) is 6.10 Å². The molecule has 0 aromatic carbocycles. The molecule has 0 heterocycles. The molecule has 3 aliphatic carbocycles. The molecule has 0 saturated heterocycles. The van der Waals surface area contributed by atoms with Crippen LogP contribution in [0.5, 0.6) is 0 Å². The van der Waals surface area contributed by atoms with E-state index in [1.807, 2.05) is 6.92 Å². The second kappa shape index (κ2) is 21.6. The number of hydrogen-bond acceptors (Lipinski definition) is 5. The van der Waals surface area contributed by atoms with Gasteiger partial charge in [0.2, 0.25) is 0 Å². The Morgan fingerprint density at radius 3 is 1.61 bits per heavy atom. The number of unbranched alkanes of at least 4 members (excludes halogenated alkanes) is 10. The van der Waals surface area contributed by atoms with Gasteiger partial charge in [-0.25, -0.2) is 0 Å². The molecule has 3 aliphatic rings. The van der Waals surface area contributed by atoms with Crippen molar-refractivity contribution in [3.05, 3.63) is 0 Å². The Morgan fingerprint density at radius 1 is 0.587 bits per heavy atom. The molecule has 1 unspecified atom stereocenters. The van der Waals surface area contributed by atoms with Crippen molar-refractivity contribution in [2.75, 3.05) is 6.61 Å². The summed E-state index contributed by atoms with van der Waals surface area (Å²) in [5, 5.41) is 0. The maximum atomic E-state index is 13.4. The van der Waals surface area contributed by atoms with Crippen LogP contribution >= 0.6 is 0 Å². The van der Waals surface area contributed by atoms with E-state index in [-0.39, 0.29) is 24.4 Å². The number of hydrogen-bond donors (Lipinski definition) is 0. The first-order valence-electron chi connectivity index (χ1n) is 19.3. The minimum Gasteiger partial charge on any atom is -0.462 e. The van der Waals surface area contributed by atoms with Crippen LogP contribution in [0.4, 0.5) is 13.2 Å². The van der Waals surface area contributed by atoms with Gasteiger partial charge in [-0.1, -0.05) is 78.1 Å². The van der Waals surface area contributed by atoms with Crippen LogP contribution < -0.4 is 0 Å². The van der Waals surface area contributed by atoms with Gasteiger partial charge in [-0.05, 0) is 108 Å². The minimum atomic E-state index is -4.55. The molecule has 0 aliphatic heterocycles. The van der Waals surface area contributed by atoms with E-state index in [0.29, 0.717) is 50.5 Å². The maximum absolute atomic E-state index is 13.4. The van der Waals surface area contributed by atoms with Gasteiger partial charge in [0.25, 0.3) is 0 Å². The van der Waals surface area contributed by atoms with Crippen molar-refractivity contribution in [1.82, 2.24) is 0 Å². The van der Waals surface area contributed by atoms with Gasteiger partial charge in [-0.3, -0.25) is 9.59 Å². The highest BCUT2D eigenvalue weighted by atomic mass is 19.4. The molecule has 0 aromatic heterocycles. The monoisotopic (exact) mass is 658 g/mol. The van der Waals surface area contributed by atoms with E-state index in [2.05, 4.69) is 6.92 Å². The first-order chi connectivity index (χ1) is 22.2. The van der Waals surface area contributed by atoms with Crippen molar-refractivity contribution in [3.63, 3.8) is 0 Å². The van der Waals surface area contributed by atoms with Crippen LogP contribution in [0.2, 0.25) is 0 Å². The average molecular weight is 659 g/mol. The Kier molecular flexibility index (Phi) is 18.4. The summed E-state index contributed by atoms with van der Waals surface area (Å²) in [6.07, 6.45) is 17.4. The molecule has 5 nitrogen and oxygen atoms in total. The first kappa shape index (κ1) is 39.1. The molecule has 0 amide bonds. The molecule has 8 heteroatoms. The lowest BCUT2D eigenvalue weighted by atomic mass is 9.70. The zero-order valence-electron chi connectivity index (χ0n) is 29.1. The fourth-order valence-electron chi connectivity index (χ4n) is 8.00. The van der Waals surface area contributed by atoms with Gasteiger partial charge in [0, 0.05) is 6.61 Å². The SMILES string of the molecule is CCCCCCCCCCOC1CCC(C2CCC(C(=O)OC3CCC(C(=O)OC(CCCCCC)C(F)(F)F)CC3)CC2)CC1. The fraction of sp³-hybridized carbons (Fsp3) is 0.947. The summed E-state index contributed by atoms with van der Waals surface area (Å²) in [5.41, 5.74) is 0. The topological polar surface area (TPSA) is 61.8 Å². The van der Waals surface area contributed by atoms with E-state index in [0.717, 1.165) is 63.9 Å². The van der Waals surface area contributed by atoms with E-state index in [9.17, 15) is 22.8 Å². The maximum Gasteiger partial charge on any atom is 0.425 e. The van der Waals surface area contributed by atoms with E-state index in [1.165, 1.54) is 64.2 Å². The molecule has 268 valence electrons. The fourth-order valence-corrected chi connectivity index (χ4v) is 8.00. The Bertz CT molecular complexity index is 825. The molecule has 3 fully saturated rings. The lowest BCUT2D eigenvalue weighted by Crippen LogP contribution is -2.37. The van der Waals surface area contributed by atoms with Crippen LogP contribution in [0.15, 0.2) is 0 Å². The molecule has 0 spiro atoms. The van der Waals surface area contributed by atoms with Gasteiger partial charge >= 0.3 is 18.1 Å². The first-order valence-corrected chi connectivity index (χ1v) is 19.3. The predicted molar refractivity (Wildman–Crippen MR) is 176 cm³/mol. The smallest absolute Gasteiger partial charge is 0.425 e. The Morgan fingerprint density at radius 2 is 1.04 bits per heavy atom. The average Bonchev–Trinajstić information content (AvgIpc) is 3.05. The summed E-state index contributed by atoms with van der Waals surface area (Å²) in [6, 6.07) is 0. The molecular weight excluding hydrogens is 593 g/mol. The number of alkyl halides is 3. The highest BCUT2D eigenvalue weighted by Crippen LogP contribution is 2.41. The van der Waals surface area contributed by atoms with Crippen molar-refractivity contribution in [2.24, 2.45) is 23.7 Å². The minimum absolute atomic E-state index is 0.0643. The highest BCUT2D eigenvalue weighted by Gasteiger charge is 2.44. The number of esters is 2. The van der Waals surface area contributed by atoms with Crippen LogP contribution in [0.3, 0.4) is 0 Å². The normalized spacial score (nSPS) is 28.0. The quantitative estimate of drug-likeness (QED) is 0.0962. The lowest BCUT2D eigenvalue weighted by molar-refractivity contribution is -0.225. The second-order valence-electron chi connectivity index (χ2n) is 14.7. The summed E-state index contributed by atoms with van der Waals surface area (Å²) in [4.78, 5) is 25.6. The zero-order valence-corrected chi connectivity index (χ0v) is 29.1. The molecule has 46 heavy (non-hydrogen) atoms. The third-order valence-corrected chi connectivity index (χ3v) is 11.1. The van der Waals surface area contributed by atoms with Gasteiger partial charge in [-0.15, -0.1) is 0 Å². The van der Waals surface area contributed by atoms with Crippen LogP contribution in [0.25, 0.3) is 0 Å². The summed E-state index contributed by atoms with van der Waals surface area (Å²) >= 11 is 0. The third-order valence-electron chi connectivity index (χ3n) is 11.1. The molecule has 0 bridgehead atoms. The lowest BCUT2D eigenvalue weighted by Gasteiger charge is -2.37. The number of carbonyl (C=O) groups is 2. The third kappa shape index (κ3) is 14.4.